The van der Waals surface area contributed by atoms with Crippen molar-refractivity contribution in [2.45, 2.75) is 26.8 Å². The first kappa shape index (κ1) is 13.6. The van der Waals surface area contributed by atoms with Crippen molar-refractivity contribution in [1.82, 2.24) is 19.7 Å². The minimum Gasteiger partial charge on any atom is -0.368 e. The number of nitrogens with one attached hydrogen (secondary N) is 1. The SMILES string of the molecule is CC(C)CCn1ccc(Nc2cc(Cl)nc(N)n2)n1. The number of rotatable bonds is 5. The Morgan fingerprint density at radius 2 is 2.16 bits per heavy atom. The standard InChI is InChI=1S/C12H17ClN6/c1-8(2)3-5-19-6-4-10(18-19)16-11-7-9(13)15-12(14)17-11/h4,6-8H,3,5H2,1-2H3,(H3,14,15,16,17,18). The third kappa shape index (κ3) is 4.10. The summed E-state index contributed by atoms with van der Waals surface area (Å²) in [6, 6.07) is 3.48. The van der Waals surface area contributed by atoms with Gasteiger partial charge in [0.2, 0.25) is 5.95 Å². The summed E-state index contributed by atoms with van der Waals surface area (Å²) in [7, 11) is 0. The lowest BCUT2D eigenvalue weighted by atomic mass is 10.1. The van der Waals surface area contributed by atoms with Gasteiger partial charge in [0.05, 0.1) is 0 Å². The molecule has 0 unspecified atom stereocenters. The second-order valence-corrected chi connectivity index (χ2v) is 5.09. The average Bonchev–Trinajstić information content (AvgIpc) is 2.72. The van der Waals surface area contributed by atoms with Gasteiger partial charge in [0.25, 0.3) is 0 Å². The molecule has 0 aliphatic rings. The summed E-state index contributed by atoms with van der Waals surface area (Å²) < 4.78 is 1.90. The first-order valence-electron chi connectivity index (χ1n) is 6.13. The number of anilines is 3. The Balaban J connectivity index is 2.03. The Bertz CT molecular complexity index is 531. The summed E-state index contributed by atoms with van der Waals surface area (Å²) >= 11 is 5.81. The van der Waals surface area contributed by atoms with Crippen molar-refractivity contribution in [3.63, 3.8) is 0 Å². The van der Waals surface area contributed by atoms with Crippen LogP contribution in [0.15, 0.2) is 18.3 Å². The van der Waals surface area contributed by atoms with Crippen LogP contribution >= 0.6 is 11.6 Å². The predicted octanol–water partition coefficient (Wildman–Crippen LogP) is 2.70. The summed E-state index contributed by atoms with van der Waals surface area (Å²) in [6.07, 6.45) is 3.02. The van der Waals surface area contributed by atoms with E-state index in [2.05, 4.69) is 34.2 Å². The van der Waals surface area contributed by atoms with Crippen molar-refractivity contribution in [2.75, 3.05) is 11.1 Å². The topological polar surface area (TPSA) is 81.7 Å². The first-order valence-corrected chi connectivity index (χ1v) is 6.51. The van der Waals surface area contributed by atoms with Crippen LogP contribution in [0.2, 0.25) is 5.15 Å². The van der Waals surface area contributed by atoms with Crippen LogP contribution in [0.3, 0.4) is 0 Å². The van der Waals surface area contributed by atoms with E-state index in [1.807, 2.05) is 16.9 Å². The maximum atomic E-state index is 5.81. The number of hydrogen-bond donors (Lipinski definition) is 2. The van der Waals surface area contributed by atoms with Gasteiger partial charge in [-0.05, 0) is 12.3 Å². The van der Waals surface area contributed by atoms with E-state index in [0.29, 0.717) is 22.7 Å². The van der Waals surface area contributed by atoms with E-state index in [-0.39, 0.29) is 5.95 Å². The van der Waals surface area contributed by atoms with Gasteiger partial charge in [-0.15, -0.1) is 0 Å². The maximum Gasteiger partial charge on any atom is 0.223 e. The van der Waals surface area contributed by atoms with E-state index in [0.717, 1.165) is 13.0 Å². The van der Waals surface area contributed by atoms with Crippen LogP contribution in [0.1, 0.15) is 20.3 Å². The van der Waals surface area contributed by atoms with Crippen LogP contribution in [0.25, 0.3) is 0 Å². The third-order valence-corrected chi connectivity index (χ3v) is 2.74. The van der Waals surface area contributed by atoms with E-state index >= 15 is 0 Å². The molecule has 0 aliphatic heterocycles. The number of aromatic nitrogens is 4. The smallest absolute Gasteiger partial charge is 0.223 e. The highest BCUT2D eigenvalue weighted by atomic mass is 35.5. The fourth-order valence-corrected chi connectivity index (χ4v) is 1.76. The quantitative estimate of drug-likeness (QED) is 0.823. The Morgan fingerprint density at radius 1 is 1.37 bits per heavy atom. The number of nitrogens with two attached hydrogens (primary N) is 1. The Hall–Kier alpha value is -1.82. The fourth-order valence-electron chi connectivity index (χ4n) is 1.57. The molecular weight excluding hydrogens is 264 g/mol. The van der Waals surface area contributed by atoms with Crippen LogP contribution in [-0.2, 0) is 6.54 Å². The number of nitrogen functional groups attached to an aromatic ring is 1. The second kappa shape index (κ2) is 5.88. The molecule has 0 radical (unpaired) electrons. The molecule has 3 N–H and O–H groups in total. The first-order chi connectivity index (χ1) is 9.02. The van der Waals surface area contributed by atoms with Crippen molar-refractivity contribution >= 4 is 29.2 Å². The van der Waals surface area contributed by atoms with Crippen molar-refractivity contribution < 1.29 is 0 Å². The normalized spacial score (nSPS) is 10.9. The van der Waals surface area contributed by atoms with E-state index in [4.69, 9.17) is 17.3 Å². The Kier molecular flexibility index (Phi) is 4.21. The van der Waals surface area contributed by atoms with Gasteiger partial charge < -0.3 is 11.1 Å². The summed E-state index contributed by atoms with van der Waals surface area (Å²) in [4.78, 5) is 7.83. The molecule has 6 nitrogen and oxygen atoms in total. The van der Waals surface area contributed by atoms with Gasteiger partial charge in [-0.1, -0.05) is 25.4 Å². The van der Waals surface area contributed by atoms with Crippen LogP contribution in [0.4, 0.5) is 17.6 Å². The molecule has 0 aliphatic carbocycles. The molecule has 0 atom stereocenters. The summed E-state index contributed by atoms with van der Waals surface area (Å²) in [5, 5.41) is 7.74. The summed E-state index contributed by atoms with van der Waals surface area (Å²) in [5.41, 5.74) is 5.53. The third-order valence-electron chi connectivity index (χ3n) is 2.54. The van der Waals surface area contributed by atoms with Crippen molar-refractivity contribution in [1.29, 1.82) is 0 Å². The summed E-state index contributed by atoms with van der Waals surface area (Å²) in [5.74, 6) is 2.03. The van der Waals surface area contributed by atoms with Gasteiger partial charge in [-0.2, -0.15) is 10.1 Å². The van der Waals surface area contributed by atoms with Gasteiger partial charge >= 0.3 is 0 Å². The van der Waals surface area contributed by atoms with Crippen molar-refractivity contribution in [2.24, 2.45) is 5.92 Å². The zero-order valence-corrected chi connectivity index (χ0v) is 11.7. The molecule has 0 spiro atoms. The molecule has 19 heavy (non-hydrogen) atoms. The average molecular weight is 281 g/mol. The van der Waals surface area contributed by atoms with Crippen LogP contribution in [0.5, 0.6) is 0 Å². The Labute approximate surface area is 117 Å². The van der Waals surface area contributed by atoms with Gasteiger partial charge in [0, 0.05) is 24.9 Å². The lowest BCUT2D eigenvalue weighted by Gasteiger charge is -2.05. The molecule has 2 aromatic rings. The van der Waals surface area contributed by atoms with Gasteiger partial charge in [0.1, 0.15) is 11.0 Å². The Morgan fingerprint density at radius 3 is 2.84 bits per heavy atom. The van der Waals surface area contributed by atoms with Crippen LogP contribution < -0.4 is 11.1 Å². The molecule has 0 saturated carbocycles. The molecule has 0 aromatic carbocycles. The zero-order chi connectivity index (χ0) is 13.8. The fraction of sp³-hybridized carbons (Fsp3) is 0.417. The summed E-state index contributed by atoms with van der Waals surface area (Å²) in [6.45, 7) is 5.27. The molecule has 0 amide bonds. The molecular formula is C12H17ClN6. The zero-order valence-electron chi connectivity index (χ0n) is 11.0. The largest absolute Gasteiger partial charge is 0.368 e. The van der Waals surface area contributed by atoms with Crippen molar-refractivity contribution in [3.8, 4) is 0 Å². The van der Waals surface area contributed by atoms with Crippen LogP contribution in [-0.4, -0.2) is 19.7 Å². The highest BCUT2D eigenvalue weighted by Gasteiger charge is 2.04. The highest BCUT2D eigenvalue weighted by Crippen LogP contribution is 2.16. The van der Waals surface area contributed by atoms with E-state index in [1.165, 1.54) is 0 Å². The number of halogens is 1. The number of aryl methyl sites for hydroxylation is 1. The molecule has 0 saturated heterocycles. The number of nitrogens with zero attached hydrogens (tertiary/aromatic N) is 4. The van der Waals surface area contributed by atoms with Crippen LogP contribution in [0, 0.1) is 5.92 Å². The minimum atomic E-state index is 0.134. The maximum absolute atomic E-state index is 5.81. The van der Waals surface area contributed by atoms with Gasteiger partial charge in [0.15, 0.2) is 5.82 Å². The molecule has 0 fully saturated rings. The minimum absolute atomic E-state index is 0.134. The second-order valence-electron chi connectivity index (χ2n) is 4.71. The lowest BCUT2D eigenvalue weighted by molar-refractivity contribution is 0.488. The van der Waals surface area contributed by atoms with Gasteiger partial charge in [-0.25, -0.2) is 4.98 Å². The van der Waals surface area contributed by atoms with E-state index in [1.54, 1.807) is 6.07 Å². The monoisotopic (exact) mass is 280 g/mol. The molecule has 2 rings (SSSR count). The number of hydrogen-bond acceptors (Lipinski definition) is 5. The predicted molar refractivity (Wildman–Crippen MR) is 76.4 cm³/mol. The highest BCUT2D eigenvalue weighted by molar-refractivity contribution is 6.29. The molecule has 102 valence electrons. The van der Waals surface area contributed by atoms with Gasteiger partial charge in [-0.3, -0.25) is 4.68 Å². The molecule has 2 heterocycles. The molecule has 0 bridgehead atoms. The van der Waals surface area contributed by atoms with Crippen molar-refractivity contribution in [3.05, 3.63) is 23.5 Å². The molecule has 2 aromatic heterocycles. The van der Waals surface area contributed by atoms with E-state index in [9.17, 15) is 0 Å². The molecule has 7 heteroatoms. The lowest BCUT2D eigenvalue weighted by Crippen LogP contribution is -2.04. The van der Waals surface area contributed by atoms with E-state index < -0.39 is 0 Å².